The maximum absolute atomic E-state index is 12.2. The largest absolute Gasteiger partial charge is 0.354 e. The second-order valence-electron chi connectivity index (χ2n) is 6.65. The smallest absolute Gasteiger partial charge is 0.211 e. The number of ketones is 2. The Morgan fingerprint density at radius 1 is 1.00 bits per heavy atom. The molecule has 1 unspecified atom stereocenters. The van der Waals surface area contributed by atoms with Crippen molar-refractivity contribution >= 4 is 22.5 Å². The van der Waals surface area contributed by atoms with Crippen molar-refractivity contribution in [2.24, 2.45) is 5.92 Å². The van der Waals surface area contributed by atoms with Crippen LogP contribution in [0.25, 0.3) is 22.2 Å². The molecular formula is C21H20N2O4. The Bertz CT molecular complexity index is 993. The summed E-state index contributed by atoms with van der Waals surface area (Å²) in [6, 6.07) is 16.9. The number of fused-ring (bicyclic) bond motifs is 1. The van der Waals surface area contributed by atoms with Crippen molar-refractivity contribution in [2.45, 2.75) is 19.8 Å². The van der Waals surface area contributed by atoms with Crippen LogP contribution in [0.15, 0.2) is 54.6 Å². The van der Waals surface area contributed by atoms with Crippen LogP contribution < -0.4 is 0 Å². The molecule has 0 bridgehead atoms. The topological polar surface area (TPSA) is 93.1 Å². The van der Waals surface area contributed by atoms with Gasteiger partial charge < -0.3 is 4.98 Å². The average Bonchev–Trinajstić information content (AvgIpc) is 3.00. The molecule has 6 heteroatoms. The van der Waals surface area contributed by atoms with Gasteiger partial charge in [0.1, 0.15) is 11.6 Å². The molecule has 1 N–H and O–H groups in total. The van der Waals surface area contributed by atoms with E-state index in [1.807, 2.05) is 54.6 Å². The number of aromatic nitrogens is 1. The zero-order valence-electron chi connectivity index (χ0n) is 15.1. The zero-order valence-corrected chi connectivity index (χ0v) is 15.1. The summed E-state index contributed by atoms with van der Waals surface area (Å²) in [4.78, 5) is 38.7. The molecule has 27 heavy (non-hydrogen) atoms. The van der Waals surface area contributed by atoms with Gasteiger partial charge in [-0.15, -0.1) is 0 Å². The highest BCUT2D eigenvalue weighted by atomic mass is 16.6. The predicted octanol–water partition coefficient (Wildman–Crippen LogP) is 3.99. The molecule has 138 valence electrons. The van der Waals surface area contributed by atoms with Gasteiger partial charge in [0.05, 0.1) is 17.5 Å². The van der Waals surface area contributed by atoms with E-state index in [4.69, 9.17) is 0 Å². The number of nitrogens with one attached hydrogen (secondary N) is 1. The zero-order chi connectivity index (χ0) is 19.6. The number of rotatable bonds is 7. The Labute approximate surface area is 156 Å². The Morgan fingerprint density at radius 2 is 1.59 bits per heavy atom. The summed E-state index contributed by atoms with van der Waals surface area (Å²) in [6.45, 7) is 2.14. The van der Waals surface area contributed by atoms with Crippen molar-refractivity contribution in [3.8, 4) is 11.3 Å². The molecule has 0 fully saturated rings. The number of aromatic amines is 1. The van der Waals surface area contributed by atoms with E-state index in [9.17, 15) is 19.7 Å². The number of H-pyrrole nitrogens is 1. The third-order valence-electron chi connectivity index (χ3n) is 4.80. The minimum Gasteiger partial charge on any atom is -0.354 e. The first kappa shape index (κ1) is 18.5. The molecular weight excluding hydrogens is 344 g/mol. The number of carbonyl (C=O) groups excluding carboxylic acids is 2. The van der Waals surface area contributed by atoms with E-state index < -0.39 is 23.3 Å². The van der Waals surface area contributed by atoms with Crippen molar-refractivity contribution in [2.75, 3.05) is 6.54 Å². The summed E-state index contributed by atoms with van der Waals surface area (Å²) in [5, 5.41) is 12.2. The fraction of sp³-hybridized carbons (Fsp3) is 0.238. The molecule has 3 aromatic rings. The summed E-state index contributed by atoms with van der Waals surface area (Å²) in [7, 11) is 0. The van der Waals surface area contributed by atoms with Gasteiger partial charge in [-0.2, -0.15) is 0 Å². The van der Waals surface area contributed by atoms with Crippen LogP contribution in [-0.4, -0.2) is 28.0 Å². The molecule has 0 aliphatic carbocycles. The van der Waals surface area contributed by atoms with E-state index in [2.05, 4.69) is 4.98 Å². The first-order valence-electron chi connectivity index (χ1n) is 8.69. The average molecular weight is 364 g/mol. The number of carbonyl (C=O) groups is 2. The summed E-state index contributed by atoms with van der Waals surface area (Å²) >= 11 is 0. The monoisotopic (exact) mass is 364 g/mol. The number of nitro groups is 1. The highest BCUT2D eigenvalue weighted by Gasteiger charge is 2.37. The van der Waals surface area contributed by atoms with Gasteiger partial charge in [-0.1, -0.05) is 48.5 Å². The van der Waals surface area contributed by atoms with Crippen LogP contribution in [0.4, 0.5) is 0 Å². The summed E-state index contributed by atoms with van der Waals surface area (Å²) in [6.07, 6.45) is 0. The Balaban J connectivity index is 2.32. The molecule has 0 radical (unpaired) electrons. The lowest BCUT2D eigenvalue weighted by Crippen LogP contribution is -2.31. The van der Waals surface area contributed by atoms with Crippen LogP contribution in [0.3, 0.4) is 0 Å². The third kappa shape index (κ3) is 3.65. The van der Waals surface area contributed by atoms with Crippen LogP contribution in [0.1, 0.15) is 25.3 Å². The van der Waals surface area contributed by atoms with Crippen LogP contribution >= 0.6 is 0 Å². The van der Waals surface area contributed by atoms with E-state index in [0.717, 1.165) is 16.5 Å². The number of hydrogen-bond donors (Lipinski definition) is 1. The summed E-state index contributed by atoms with van der Waals surface area (Å²) < 4.78 is 0. The molecule has 0 aliphatic heterocycles. The fourth-order valence-electron chi connectivity index (χ4n) is 3.76. The first-order valence-corrected chi connectivity index (χ1v) is 8.69. The normalized spacial score (nSPS) is 12.3. The summed E-state index contributed by atoms with van der Waals surface area (Å²) in [5.41, 5.74) is 3.01. The van der Waals surface area contributed by atoms with Gasteiger partial charge in [0.25, 0.3) is 0 Å². The molecule has 2 aromatic carbocycles. The van der Waals surface area contributed by atoms with Crippen LogP contribution in [0.5, 0.6) is 0 Å². The van der Waals surface area contributed by atoms with Crippen molar-refractivity contribution in [1.82, 2.24) is 4.98 Å². The lowest BCUT2D eigenvalue weighted by atomic mass is 9.79. The van der Waals surface area contributed by atoms with Gasteiger partial charge in [0, 0.05) is 15.8 Å². The molecule has 0 spiro atoms. The third-order valence-corrected chi connectivity index (χ3v) is 4.80. The van der Waals surface area contributed by atoms with Gasteiger partial charge in [-0.25, -0.2) is 0 Å². The van der Waals surface area contributed by atoms with E-state index >= 15 is 0 Å². The second-order valence-corrected chi connectivity index (χ2v) is 6.65. The van der Waals surface area contributed by atoms with Gasteiger partial charge >= 0.3 is 0 Å². The number of benzene rings is 2. The lowest BCUT2D eigenvalue weighted by molar-refractivity contribution is -0.484. The Hall–Kier alpha value is -3.28. The predicted molar refractivity (Wildman–Crippen MR) is 103 cm³/mol. The molecule has 1 atom stereocenters. The Kier molecular flexibility index (Phi) is 5.16. The number of Topliss-reactive ketones (excluding diaryl/α,β-unsaturated/α-hetero) is 2. The van der Waals surface area contributed by atoms with Crippen molar-refractivity contribution in [3.63, 3.8) is 0 Å². The maximum Gasteiger partial charge on any atom is 0.211 e. The molecule has 0 amide bonds. The maximum atomic E-state index is 12.2. The molecule has 0 saturated carbocycles. The highest BCUT2D eigenvalue weighted by Crippen LogP contribution is 2.39. The highest BCUT2D eigenvalue weighted by molar-refractivity contribution is 6.03. The van der Waals surface area contributed by atoms with E-state index in [-0.39, 0.29) is 11.6 Å². The summed E-state index contributed by atoms with van der Waals surface area (Å²) in [5.74, 6) is -2.63. The quantitative estimate of drug-likeness (QED) is 0.390. The van der Waals surface area contributed by atoms with Crippen molar-refractivity contribution in [3.05, 3.63) is 70.3 Å². The van der Waals surface area contributed by atoms with Gasteiger partial charge in [-0.3, -0.25) is 19.7 Å². The van der Waals surface area contributed by atoms with E-state index in [1.165, 1.54) is 13.8 Å². The fourth-order valence-corrected chi connectivity index (χ4v) is 3.76. The molecule has 3 rings (SSSR count). The molecule has 0 aliphatic rings. The SMILES string of the molecule is CC(=O)C(C(C)=O)C(C[N+](=O)[O-])c1c(-c2ccccc2)[nH]c2ccccc12. The van der Waals surface area contributed by atoms with Crippen LogP contribution in [0, 0.1) is 16.0 Å². The van der Waals surface area contributed by atoms with Crippen LogP contribution in [-0.2, 0) is 9.59 Å². The van der Waals surface area contributed by atoms with Crippen molar-refractivity contribution < 1.29 is 14.5 Å². The number of nitrogens with zero attached hydrogens (tertiary/aromatic N) is 1. The van der Waals surface area contributed by atoms with Crippen LogP contribution in [0.2, 0.25) is 0 Å². The second kappa shape index (κ2) is 7.53. The van der Waals surface area contributed by atoms with Gasteiger partial charge in [0.2, 0.25) is 6.54 Å². The molecule has 1 heterocycles. The molecule has 6 nitrogen and oxygen atoms in total. The van der Waals surface area contributed by atoms with E-state index in [0.29, 0.717) is 11.3 Å². The Morgan fingerprint density at radius 3 is 2.19 bits per heavy atom. The molecule has 0 saturated heterocycles. The van der Waals surface area contributed by atoms with Gasteiger partial charge in [0.15, 0.2) is 0 Å². The molecule has 1 aromatic heterocycles. The lowest BCUT2D eigenvalue weighted by Gasteiger charge is -2.21. The van der Waals surface area contributed by atoms with Crippen molar-refractivity contribution in [1.29, 1.82) is 0 Å². The van der Waals surface area contributed by atoms with E-state index in [1.54, 1.807) is 0 Å². The first-order chi connectivity index (χ1) is 12.9. The number of para-hydroxylation sites is 1. The standard InChI is InChI=1S/C21H20N2O4/c1-13(24)19(14(2)25)17(12-23(26)27)20-16-10-6-7-11-18(16)22-21(20)15-8-4-3-5-9-15/h3-11,17,19,22H,12H2,1-2H3. The minimum atomic E-state index is -1.06. The minimum absolute atomic E-state index is 0.362. The number of hydrogen-bond acceptors (Lipinski definition) is 4. The van der Waals surface area contributed by atoms with Gasteiger partial charge in [-0.05, 0) is 31.0 Å².